The molecule has 1 saturated carbocycles. The quantitative estimate of drug-likeness (QED) is 0.373. The molecule has 1 aliphatic rings. The average molecular weight is 410 g/mol. The first-order valence-electron chi connectivity index (χ1n) is 9.69. The van der Waals surface area contributed by atoms with Gasteiger partial charge in [-0.2, -0.15) is 10.1 Å². The number of fused-ring (bicyclic) bond motifs is 1. The lowest BCUT2D eigenvalue weighted by Crippen LogP contribution is -2.33. The van der Waals surface area contributed by atoms with E-state index < -0.39 is 5.92 Å². The number of anilines is 3. The summed E-state index contributed by atoms with van der Waals surface area (Å²) in [4.78, 5) is 16.5. The number of hydrogen-bond donors (Lipinski definition) is 4. The van der Waals surface area contributed by atoms with Gasteiger partial charge in [-0.25, -0.2) is 18.7 Å². The molecule has 0 aromatic carbocycles. The largest absolute Gasteiger partial charge is 0.360 e. The second-order valence-corrected chi connectivity index (χ2v) is 7.57. The Hall–Kier alpha value is -3.56. The van der Waals surface area contributed by atoms with E-state index in [1.807, 2.05) is 31.3 Å². The molecule has 4 aromatic heterocycles. The van der Waals surface area contributed by atoms with Gasteiger partial charge in [0.25, 0.3) is 0 Å². The molecular formula is C20H20F2N8. The molecule has 8 nitrogen and oxygen atoms in total. The third kappa shape index (κ3) is 3.68. The van der Waals surface area contributed by atoms with Crippen molar-refractivity contribution < 1.29 is 8.78 Å². The van der Waals surface area contributed by atoms with Crippen LogP contribution in [0.15, 0.2) is 42.7 Å². The summed E-state index contributed by atoms with van der Waals surface area (Å²) >= 11 is 0. The second kappa shape index (κ2) is 7.05. The number of hydrogen-bond acceptors (Lipinski definition) is 6. The van der Waals surface area contributed by atoms with Crippen LogP contribution >= 0.6 is 0 Å². The Labute approximate surface area is 170 Å². The molecule has 0 aliphatic heterocycles. The van der Waals surface area contributed by atoms with Crippen LogP contribution in [0.3, 0.4) is 0 Å². The minimum absolute atomic E-state index is 0.100. The third-order valence-corrected chi connectivity index (χ3v) is 5.25. The molecular weight excluding hydrogens is 390 g/mol. The number of pyridine rings is 1. The van der Waals surface area contributed by atoms with Crippen molar-refractivity contribution in [1.82, 2.24) is 30.1 Å². The van der Waals surface area contributed by atoms with Crippen LogP contribution in [0.4, 0.5) is 26.4 Å². The number of alkyl halides is 2. The molecule has 1 fully saturated rings. The van der Waals surface area contributed by atoms with Gasteiger partial charge in [-0.3, -0.25) is 5.10 Å². The molecule has 0 bridgehead atoms. The minimum Gasteiger partial charge on any atom is -0.360 e. The van der Waals surface area contributed by atoms with Crippen molar-refractivity contribution >= 4 is 28.6 Å². The highest BCUT2D eigenvalue weighted by Gasteiger charge is 2.46. The van der Waals surface area contributed by atoms with E-state index in [-0.39, 0.29) is 24.8 Å². The molecule has 1 aliphatic carbocycles. The summed E-state index contributed by atoms with van der Waals surface area (Å²) in [6.07, 6.45) is 3.20. The number of aromatic amines is 2. The van der Waals surface area contributed by atoms with Gasteiger partial charge in [0.05, 0.1) is 22.8 Å². The first-order valence-corrected chi connectivity index (χ1v) is 9.69. The summed E-state index contributed by atoms with van der Waals surface area (Å²) in [5.74, 6) is -1.23. The Morgan fingerprint density at radius 3 is 2.83 bits per heavy atom. The highest BCUT2D eigenvalue weighted by molar-refractivity contribution is 5.74. The zero-order valence-electron chi connectivity index (χ0n) is 16.2. The van der Waals surface area contributed by atoms with Crippen LogP contribution in [-0.4, -0.2) is 36.1 Å². The fourth-order valence-corrected chi connectivity index (χ4v) is 3.58. The zero-order chi connectivity index (χ0) is 20.7. The molecule has 154 valence electrons. The predicted molar refractivity (Wildman–Crippen MR) is 109 cm³/mol. The van der Waals surface area contributed by atoms with E-state index >= 15 is 0 Å². The normalized spacial score (nSPS) is 16.9. The Bertz CT molecular complexity index is 1180. The monoisotopic (exact) mass is 410 g/mol. The number of aromatic nitrogens is 6. The van der Waals surface area contributed by atoms with E-state index in [1.165, 1.54) is 0 Å². The van der Waals surface area contributed by atoms with Crippen LogP contribution in [0.25, 0.3) is 11.0 Å². The van der Waals surface area contributed by atoms with E-state index in [0.29, 0.717) is 23.3 Å². The zero-order valence-corrected chi connectivity index (χ0v) is 16.2. The fraction of sp³-hybridized carbons (Fsp3) is 0.300. The summed E-state index contributed by atoms with van der Waals surface area (Å²) < 4.78 is 26.2. The lowest BCUT2D eigenvalue weighted by molar-refractivity contribution is -0.0876. The molecule has 4 N–H and O–H groups in total. The van der Waals surface area contributed by atoms with E-state index in [4.69, 9.17) is 0 Å². The molecule has 5 rings (SSSR count). The maximum Gasteiger partial charge on any atom is 0.249 e. The summed E-state index contributed by atoms with van der Waals surface area (Å²) in [6.45, 7) is 1.98. The smallest absolute Gasteiger partial charge is 0.249 e. The fourth-order valence-electron chi connectivity index (χ4n) is 3.58. The van der Waals surface area contributed by atoms with Gasteiger partial charge in [-0.05, 0) is 31.2 Å². The molecule has 30 heavy (non-hydrogen) atoms. The van der Waals surface area contributed by atoms with Crippen LogP contribution in [0.2, 0.25) is 0 Å². The van der Waals surface area contributed by atoms with Crippen LogP contribution < -0.4 is 10.6 Å². The Balaban J connectivity index is 1.25. The number of halogens is 2. The van der Waals surface area contributed by atoms with Gasteiger partial charge in [0.15, 0.2) is 5.82 Å². The standard InChI is InChI=1S/C20H20F2N8/c1-11(13-2-3-14-15(26-13)4-6-23-14)25-19-24-7-5-17(28-19)27-18-8-16(29-30-18)12-9-20(21,22)10-12/h2-8,11-12,23H,9-10H2,1H3,(H3,24,25,27,28,29,30)/t11-/m1/s1. The van der Waals surface area contributed by atoms with E-state index in [1.54, 1.807) is 18.3 Å². The summed E-state index contributed by atoms with van der Waals surface area (Å²) in [5, 5.41) is 13.3. The first kappa shape index (κ1) is 18.5. The second-order valence-electron chi connectivity index (χ2n) is 7.57. The van der Waals surface area contributed by atoms with Crippen molar-refractivity contribution in [1.29, 1.82) is 0 Å². The van der Waals surface area contributed by atoms with Gasteiger partial charge < -0.3 is 15.6 Å². The Morgan fingerprint density at radius 1 is 1.13 bits per heavy atom. The van der Waals surface area contributed by atoms with Crippen LogP contribution in [0, 0.1) is 0 Å². The molecule has 0 saturated heterocycles. The number of rotatable bonds is 6. The SMILES string of the molecule is C[C@@H](Nc1nccc(Nc2cc(C3CC(F)(F)C3)[nH]n2)n1)c1ccc2[nH]ccc2n1. The maximum absolute atomic E-state index is 13.1. The molecule has 4 aromatic rings. The van der Waals surface area contributed by atoms with Gasteiger partial charge in [0.2, 0.25) is 11.9 Å². The molecule has 1 atom stereocenters. The number of H-pyrrole nitrogens is 2. The van der Waals surface area contributed by atoms with Crippen LogP contribution in [0.5, 0.6) is 0 Å². The number of nitrogens with one attached hydrogen (secondary N) is 4. The van der Waals surface area contributed by atoms with Gasteiger partial charge in [0.1, 0.15) is 5.82 Å². The summed E-state index contributed by atoms with van der Waals surface area (Å²) in [6, 6.07) is 9.22. The molecule has 0 spiro atoms. The van der Waals surface area contributed by atoms with Crippen molar-refractivity contribution in [2.75, 3.05) is 10.6 Å². The molecule has 4 heterocycles. The van der Waals surface area contributed by atoms with Crippen molar-refractivity contribution in [2.24, 2.45) is 0 Å². The maximum atomic E-state index is 13.1. The van der Waals surface area contributed by atoms with E-state index in [0.717, 1.165) is 16.7 Å². The van der Waals surface area contributed by atoms with Crippen molar-refractivity contribution in [2.45, 2.75) is 37.6 Å². The van der Waals surface area contributed by atoms with Crippen LogP contribution in [-0.2, 0) is 0 Å². The van der Waals surface area contributed by atoms with E-state index in [2.05, 4.69) is 40.8 Å². The topological polar surface area (TPSA) is 107 Å². The predicted octanol–water partition coefficient (Wildman–Crippen LogP) is 4.51. The van der Waals surface area contributed by atoms with E-state index in [9.17, 15) is 8.78 Å². The Kier molecular flexibility index (Phi) is 4.34. The van der Waals surface area contributed by atoms with Crippen molar-refractivity contribution in [3.05, 3.63) is 54.1 Å². The number of nitrogens with zero attached hydrogens (tertiary/aromatic N) is 4. The Morgan fingerprint density at radius 2 is 2.00 bits per heavy atom. The van der Waals surface area contributed by atoms with Gasteiger partial charge >= 0.3 is 0 Å². The molecule has 10 heteroatoms. The lowest BCUT2D eigenvalue weighted by atomic mass is 9.79. The molecule has 0 amide bonds. The van der Waals surface area contributed by atoms with Gasteiger partial charge in [-0.15, -0.1) is 0 Å². The third-order valence-electron chi connectivity index (χ3n) is 5.25. The highest BCUT2D eigenvalue weighted by Crippen LogP contribution is 2.48. The lowest BCUT2D eigenvalue weighted by Gasteiger charge is -2.33. The minimum atomic E-state index is -2.56. The van der Waals surface area contributed by atoms with Gasteiger partial charge in [0, 0.05) is 42.9 Å². The summed E-state index contributed by atoms with van der Waals surface area (Å²) in [5.41, 5.74) is 3.46. The average Bonchev–Trinajstić information content (AvgIpc) is 3.35. The summed E-state index contributed by atoms with van der Waals surface area (Å²) in [7, 11) is 0. The highest BCUT2D eigenvalue weighted by atomic mass is 19.3. The van der Waals surface area contributed by atoms with Crippen LogP contribution in [0.1, 0.15) is 43.1 Å². The molecule has 0 radical (unpaired) electrons. The van der Waals surface area contributed by atoms with Crippen molar-refractivity contribution in [3.63, 3.8) is 0 Å². The van der Waals surface area contributed by atoms with Gasteiger partial charge in [-0.1, -0.05) is 0 Å². The molecule has 0 unspecified atom stereocenters. The first-order chi connectivity index (χ1) is 14.4. The van der Waals surface area contributed by atoms with Crippen molar-refractivity contribution in [3.8, 4) is 0 Å².